The monoisotopic (exact) mass is 274 g/mol. The van der Waals surface area contributed by atoms with Crippen molar-refractivity contribution in [3.8, 4) is 0 Å². The predicted molar refractivity (Wildman–Crippen MR) is 72.0 cm³/mol. The number of hydrogen-bond acceptors (Lipinski definition) is 4. The molecule has 0 radical (unpaired) electrons. The molecule has 0 aliphatic rings. The van der Waals surface area contributed by atoms with Gasteiger partial charge in [-0.05, 0) is 26.2 Å². The third kappa shape index (κ3) is 5.59. The summed E-state index contributed by atoms with van der Waals surface area (Å²) in [5, 5.41) is 9.40. The highest BCUT2D eigenvalue weighted by Gasteiger charge is 2.46. The van der Waals surface area contributed by atoms with E-state index >= 15 is 0 Å². The SMILES string of the molecule is CCCCOCCC(CCC)(C(=O)O)C(=O)OCC. The Kier molecular flexibility index (Phi) is 9.21. The summed E-state index contributed by atoms with van der Waals surface area (Å²) in [5.41, 5.74) is -1.46. The lowest BCUT2D eigenvalue weighted by molar-refractivity contribution is -0.171. The first kappa shape index (κ1) is 17.9. The topological polar surface area (TPSA) is 72.8 Å². The van der Waals surface area contributed by atoms with Gasteiger partial charge in [0.2, 0.25) is 0 Å². The van der Waals surface area contributed by atoms with Crippen molar-refractivity contribution in [2.45, 2.75) is 52.9 Å². The first-order chi connectivity index (χ1) is 9.05. The van der Waals surface area contributed by atoms with E-state index in [1.807, 2.05) is 6.92 Å². The third-order valence-electron chi connectivity index (χ3n) is 3.07. The number of unbranched alkanes of at least 4 members (excludes halogenated alkanes) is 1. The molecule has 0 amide bonds. The van der Waals surface area contributed by atoms with Crippen molar-refractivity contribution in [1.29, 1.82) is 0 Å². The molecule has 0 aromatic rings. The summed E-state index contributed by atoms with van der Waals surface area (Å²) < 4.78 is 10.3. The molecule has 0 aromatic heterocycles. The molecule has 5 heteroatoms. The summed E-state index contributed by atoms with van der Waals surface area (Å²) in [6.45, 7) is 6.64. The minimum Gasteiger partial charge on any atom is -0.480 e. The van der Waals surface area contributed by atoms with Crippen LogP contribution in [0.2, 0.25) is 0 Å². The van der Waals surface area contributed by atoms with Gasteiger partial charge in [-0.15, -0.1) is 0 Å². The van der Waals surface area contributed by atoms with Crippen molar-refractivity contribution in [2.24, 2.45) is 5.41 Å². The molecular weight excluding hydrogens is 248 g/mol. The number of aliphatic carboxylic acids is 1. The molecule has 1 unspecified atom stereocenters. The smallest absolute Gasteiger partial charge is 0.323 e. The van der Waals surface area contributed by atoms with Gasteiger partial charge in [-0.1, -0.05) is 26.7 Å². The second-order valence-corrected chi connectivity index (χ2v) is 4.57. The number of carboxylic acids is 1. The van der Waals surface area contributed by atoms with Gasteiger partial charge in [0.1, 0.15) is 0 Å². The Balaban J connectivity index is 4.63. The van der Waals surface area contributed by atoms with Gasteiger partial charge in [-0.2, -0.15) is 0 Å². The van der Waals surface area contributed by atoms with Gasteiger partial charge in [0.25, 0.3) is 0 Å². The zero-order chi connectivity index (χ0) is 14.7. The molecule has 1 N–H and O–H groups in total. The van der Waals surface area contributed by atoms with Crippen LogP contribution in [0.15, 0.2) is 0 Å². The maximum Gasteiger partial charge on any atom is 0.323 e. The van der Waals surface area contributed by atoms with E-state index in [0.29, 0.717) is 13.0 Å². The van der Waals surface area contributed by atoms with Gasteiger partial charge < -0.3 is 14.6 Å². The van der Waals surface area contributed by atoms with Crippen LogP contribution in [0, 0.1) is 5.41 Å². The zero-order valence-electron chi connectivity index (χ0n) is 12.2. The maximum atomic E-state index is 12.0. The number of ether oxygens (including phenoxy) is 2. The van der Waals surface area contributed by atoms with Crippen molar-refractivity contribution >= 4 is 11.9 Å². The summed E-state index contributed by atoms with van der Waals surface area (Å²) in [6, 6.07) is 0. The third-order valence-corrected chi connectivity index (χ3v) is 3.07. The van der Waals surface area contributed by atoms with E-state index in [2.05, 4.69) is 6.92 Å². The standard InChI is InChI=1S/C14H26O5/c1-4-7-10-18-11-9-14(8-5-2,12(15)16)13(17)19-6-3/h4-11H2,1-3H3,(H,15,16). The number of esters is 1. The average molecular weight is 274 g/mol. The Labute approximate surface area is 115 Å². The van der Waals surface area contributed by atoms with Crippen LogP contribution in [0.4, 0.5) is 0 Å². The van der Waals surface area contributed by atoms with Crippen LogP contribution in [-0.2, 0) is 19.1 Å². The predicted octanol–water partition coefficient (Wildman–Crippen LogP) is 2.63. The molecule has 112 valence electrons. The first-order valence-electron chi connectivity index (χ1n) is 7.03. The molecule has 0 aliphatic carbocycles. The molecule has 0 aromatic carbocycles. The second kappa shape index (κ2) is 9.78. The molecule has 0 spiro atoms. The van der Waals surface area contributed by atoms with Crippen LogP contribution in [0.25, 0.3) is 0 Å². The first-order valence-corrected chi connectivity index (χ1v) is 7.03. The molecular formula is C14H26O5. The van der Waals surface area contributed by atoms with Gasteiger partial charge in [0, 0.05) is 13.2 Å². The molecule has 0 rings (SSSR count). The van der Waals surface area contributed by atoms with Crippen LogP contribution < -0.4 is 0 Å². The van der Waals surface area contributed by atoms with Gasteiger partial charge in [0.05, 0.1) is 6.61 Å². The molecule has 0 bridgehead atoms. The number of hydrogen-bond donors (Lipinski definition) is 1. The van der Waals surface area contributed by atoms with Gasteiger partial charge in [-0.3, -0.25) is 9.59 Å². The highest BCUT2D eigenvalue weighted by molar-refractivity contribution is 5.99. The fraction of sp³-hybridized carbons (Fsp3) is 0.857. The molecule has 5 nitrogen and oxygen atoms in total. The van der Waals surface area contributed by atoms with E-state index in [4.69, 9.17) is 9.47 Å². The van der Waals surface area contributed by atoms with E-state index in [9.17, 15) is 14.7 Å². The highest BCUT2D eigenvalue weighted by Crippen LogP contribution is 2.30. The maximum absolute atomic E-state index is 12.0. The fourth-order valence-electron chi connectivity index (χ4n) is 1.92. The lowest BCUT2D eigenvalue weighted by Crippen LogP contribution is -2.41. The van der Waals surface area contributed by atoms with Crippen LogP contribution in [-0.4, -0.2) is 36.9 Å². The molecule has 0 saturated heterocycles. The van der Waals surface area contributed by atoms with E-state index < -0.39 is 17.4 Å². The summed E-state index contributed by atoms with van der Waals surface area (Å²) in [6.07, 6.45) is 3.02. The highest BCUT2D eigenvalue weighted by atomic mass is 16.5. The number of carbonyl (C=O) groups is 2. The molecule has 0 aliphatic heterocycles. The van der Waals surface area contributed by atoms with E-state index in [1.54, 1.807) is 6.92 Å². The van der Waals surface area contributed by atoms with Gasteiger partial charge in [0.15, 0.2) is 5.41 Å². The Morgan fingerprint density at radius 1 is 1.05 bits per heavy atom. The van der Waals surface area contributed by atoms with E-state index in [1.165, 1.54) is 0 Å². The lowest BCUT2D eigenvalue weighted by atomic mass is 9.80. The molecule has 0 fully saturated rings. The lowest BCUT2D eigenvalue weighted by Gasteiger charge is -2.26. The minimum atomic E-state index is -1.46. The van der Waals surface area contributed by atoms with Gasteiger partial charge in [-0.25, -0.2) is 0 Å². The molecule has 19 heavy (non-hydrogen) atoms. The Bertz CT molecular complexity index is 277. The summed E-state index contributed by atoms with van der Waals surface area (Å²) in [4.78, 5) is 23.4. The fourth-order valence-corrected chi connectivity index (χ4v) is 1.92. The van der Waals surface area contributed by atoms with E-state index in [0.717, 1.165) is 12.8 Å². The number of rotatable bonds is 11. The van der Waals surface area contributed by atoms with Crippen molar-refractivity contribution in [3.63, 3.8) is 0 Å². The molecule has 0 heterocycles. The van der Waals surface area contributed by atoms with Crippen LogP contribution >= 0.6 is 0 Å². The Morgan fingerprint density at radius 2 is 1.74 bits per heavy atom. The summed E-state index contributed by atoms with van der Waals surface area (Å²) in [7, 11) is 0. The molecule has 1 atom stereocenters. The number of carbonyl (C=O) groups excluding carboxylic acids is 1. The Hall–Kier alpha value is -1.10. The largest absolute Gasteiger partial charge is 0.480 e. The summed E-state index contributed by atoms with van der Waals surface area (Å²) >= 11 is 0. The van der Waals surface area contributed by atoms with Crippen molar-refractivity contribution in [3.05, 3.63) is 0 Å². The van der Waals surface area contributed by atoms with Crippen molar-refractivity contribution in [2.75, 3.05) is 19.8 Å². The van der Waals surface area contributed by atoms with Crippen LogP contribution in [0.5, 0.6) is 0 Å². The summed E-state index contributed by atoms with van der Waals surface area (Å²) in [5.74, 6) is -1.77. The zero-order valence-corrected chi connectivity index (χ0v) is 12.2. The van der Waals surface area contributed by atoms with Crippen molar-refractivity contribution < 1.29 is 24.2 Å². The van der Waals surface area contributed by atoms with Crippen LogP contribution in [0.1, 0.15) is 52.9 Å². The van der Waals surface area contributed by atoms with Crippen molar-refractivity contribution in [1.82, 2.24) is 0 Å². The Morgan fingerprint density at radius 3 is 2.21 bits per heavy atom. The molecule has 0 saturated carbocycles. The van der Waals surface area contributed by atoms with E-state index in [-0.39, 0.29) is 26.1 Å². The minimum absolute atomic E-state index is 0.165. The van der Waals surface area contributed by atoms with Gasteiger partial charge >= 0.3 is 11.9 Å². The average Bonchev–Trinajstić information content (AvgIpc) is 2.37. The number of carboxylic acid groups (broad SMARTS) is 1. The second-order valence-electron chi connectivity index (χ2n) is 4.57. The quantitative estimate of drug-likeness (QED) is 0.356. The normalized spacial score (nSPS) is 13.8. The van der Waals surface area contributed by atoms with Crippen LogP contribution in [0.3, 0.4) is 0 Å².